The summed E-state index contributed by atoms with van der Waals surface area (Å²) in [6.07, 6.45) is 6.81. The summed E-state index contributed by atoms with van der Waals surface area (Å²) in [6.45, 7) is 8.56. The van der Waals surface area contributed by atoms with Gasteiger partial charge in [-0.1, -0.05) is 37.5 Å². The van der Waals surface area contributed by atoms with Gasteiger partial charge in [-0.05, 0) is 37.8 Å². The van der Waals surface area contributed by atoms with Crippen LogP contribution >= 0.6 is 0 Å². The maximum Gasteiger partial charge on any atom is 0.225 e. The quantitative estimate of drug-likeness (QED) is 0.525. The molecule has 0 spiro atoms. The highest BCUT2D eigenvalue weighted by Crippen LogP contribution is 2.27. The van der Waals surface area contributed by atoms with Gasteiger partial charge in [-0.3, -0.25) is 4.79 Å². The van der Waals surface area contributed by atoms with Crippen LogP contribution in [0.3, 0.4) is 0 Å². The molecule has 0 bridgehead atoms. The smallest absolute Gasteiger partial charge is 0.225 e. The molecule has 32 heavy (non-hydrogen) atoms. The van der Waals surface area contributed by atoms with Gasteiger partial charge < -0.3 is 25.2 Å². The van der Waals surface area contributed by atoms with Crippen molar-refractivity contribution in [3.05, 3.63) is 29.8 Å². The van der Waals surface area contributed by atoms with E-state index in [1.807, 2.05) is 0 Å². The highest BCUT2D eigenvalue weighted by molar-refractivity contribution is 5.81. The van der Waals surface area contributed by atoms with Gasteiger partial charge >= 0.3 is 0 Å². The second kappa shape index (κ2) is 11.5. The summed E-state index contributed by atoms with van der Waals surface area (Å²) < 4.78 is 5.51. The van der Waals surface area contributed by atoms with Crippen LogP contribution in [0.4, 0.5) is 5.69 Å². The number of nitrogens with zero attached hydrogens (tertiary/aromatic N) is 3. The third kappa shape index (κ3) is 5.94. The average Bonchev–Trinajstić information content (AvgIpc) is 3.32. The van der Waals surface area contributed by atoms with Crippen molar-refractivity contribution in [2.75, 3.05) is 50.8 Å². The number of rotatable bonds is 6. The Morgan fingerprint density at radius 1 is 1.09 bits per heavy atom. The maximum absolute atomic E-state index is 12.9. The summed E-state index contributed by atoms with van der Waals surface area (Å²) in [4.78, 5) is 22.3. The molecule has 1 aromatic rings. The molecule has 3 fully saturated rings. The number of nitrogens with one attached hydrogen (secondary N) is 2. The molecule has 2 saturated heterocycles. The van der Waals surface area contributed by atoms with E-state index >= 15 is 0 Å². The van der Waals surface area contributed by atoms with Crippen molar-refractivity contribution in [1.29, 1.82) is 0 Å². The number of amides is 1. The van der Waals surface area contributed by atoms with Crippen molar-refractivity contribution in [1.82, 2.24) is 15.5 Å². The van der Waals surface area contributed by atoms with Crippen molar-refractivity contribution in [2.45, 2.75) is 58.0 Å². The van der Waals surface area contributed by atoms with E-state index in [1.54, 1.807) is 0 Å². The van der Waals surface area contributed by atoms with Gasteiger partial charge in [0.1, 0.15) is 0 Å². The van der Waals surface area contributed by atoms with E-state index in [4.69, 9.17) is 9.73 Å². The topological polar surface area (TPSA) is 69.2 Å². The minimum atomic E-state index is 0.251. The minimum Gasteiger partial charge on any atom is -0.378 e. The minimum absolute atomic E-state index is 0.251. The van der Waals surface area contributed by atoms with Gasteiger partial charge in [0, 0.05) is 50.4 Å². The Kier molecular flexibility index (Phi) is 8.26. The molecule has 2 aliphatic heterocycles. The van der Waals surface area contributed by atoms with Gasteiger partial charge in [-0.25, -0.2) is 4.99 Å². The molecule has 0 aromatic heterocycles. The SMILES string of the molecule is CCNC(=NCc1ccccc1N1CCOCC1)NC1CCN(C(=O)C2CCCCC2)C1. The van der Waals surface area contributed by atoms with E-state index in [2.05, 4.69) is 51.6 Å². The number of anilines is 1. The lowest BCUT2D eigenvalue weighted by Crippen LogP contribution is -2.45. The molecule has 0 radical (unpaired) electrons. The number of hydrogen-bond acceptors (Lipinski definition) is 4. The first-order chi connectivity index (χ1) is 15.7. The third-order valence-corrected chi connectivity index (χ3v) is 6.89. The lowest BCUT2D eigenvalue weighted by Gasteiger charge is -2.30. The van der Waals surface area contributed by atoms with E-state index in [1.165, 1.54) is 30.5 Å². The predicted molar refractivity (Wildman–Crippen MR) is 129 cm³/mol. The summed E-state index contributed by atoms with van der Waals surface area (Å²) in [5.74, 6) is 1.46. The van der Waals surface area contributed by atoms with Crippen molar-refractivity contribution < 1.29 is 9.53 Å². The molecule has 2 N–H and O–H groups in total. The Bertz CT molecular complexity index is 771. The standard InChI is InChI=1S/C25H39N5O2/c1-2-26-25(27-18-21-10-6-7-11-23(21)29-14-16-32-17-15-29)28-22-12-13-30(19-22)24(31)20-8-4-3-5-9-20/h6-7,10-11,20,22H,2-5,8-9,12-19H2,1H3,(H2,26,27,28). The molecule has 1 aliphatic carbocycles. The third-order valence-electron chi connectivity index (χ3n) is 6.89. The molecule has 3 aliphatic rings. The lowest BCUT2D eigenvalue weighted by molar-refractivity contribution is -0.135. The fourth-order valence-corrected chi connectivity index (χ4v) is 5.12. The first-order valence-electron chi connectivity index (χ1n) is 12.5. The Morgan fingerprint density at radius 3 is 2.66 bits per heavy atom. The van der Waals surface area contributed by atoms with Crippen molar-refractivity contribution >= 4 is 17.6 Å². The first kappa shape index (κ1) is 22.9. The number of morpholine rings is 1. The van der Waals surface area contributed by atoms with Crippen LogP contribution in [0, 0.1) is 5.92 Å². The van der Waals surface area contributed by atoms with Crippen molar-refractivity contribution in [3.63, 3.8) is 0 Å². The largest absolute Gasteiger partial charge is 0.378 e. The van der Waals surface area contributed by atoms with Crippen LogP contribution in [-0.2, 0) is 16.1 Å². The Hall–Kier alpha value is -2.28. The highest BCUT2D eigenvalue weighted by Gasteiger charge is 2.31. The number of likely N-dealkylation sites (tertiary alicyclic amines) is 1. The van der Waals surface area contributed by atoms with Gasteiger partial charge in [0.15, 0.2) is 5.96 Å². The van der Waals surface area contributed by atoms with Gasteiger partial charge in [-0.2, -0.15) is 0 Å². The summed E-state index contributed by atoms with van der Waals surface area (Å²) in [5.41, 5.74) is 2.48. The maximum atomic E-state index is 12.9. The zero-order valence-electron chi connectivity index (χ0n) is 19.5. The van der Waals surface area contributed by atoms with Crippen LogP contribution in [0.5, 0.6) is 0 Å². The predicted octanol–water partition coefficient (Wildman–Crippen LogP) is 2.76. The number of carbonyl (C=O) groups is 1. The highest BCUT2D eigenvalue weighted by atomic mass is 16.5. The Balaban J connectivity index is 1.35. The van der Waals surface area contributed by atoms with Gasteiger partial charge in [-0.15, -0.1) is 0 Å². The monoisotopic (exact) mass is 441 g/mol. The Morgan fingerprint density at radius 2 is 1.88 bits per heavy atom. The molecule has 1 aromatic carbocycles. The number of hydrogen-bond donors (Lipinski definition) is 2. The Labute approximate surface area is 192 Å². The van der Waals surface area contributed by atoms with Crippen LogP contribution in [0.1, 0.15) is 51.0 Å². The molecule has 176 valence electrons. The fraction of sp³-hybridized carbons (Fsp3) is 0.680. The number of benzene rings is 1. The molecular formula is C25H39N5O2. The van der Waals surface area contributed by atoms with Gasteiger partial charge in [0.05, 0.1) is 19.8 Å². The van der Waals surface area contributed by atoms with Crippen molar-refractivity contribution in [2.24, 2.45) is 10.9 Å². The number of carbonyl (C=O) groups excluding carboxylic acids is 1. The van der Waals surface area contributed by atoms with E-state index in [0.29, 0.717) is 12.5 Å². The number of ether oxygens (including phenoxy) is 1. The number of aliphatic imine (C=N–C) groups is 1. The fourth-order valence-electron chi connectivity index (χ4n) is 5.12. The van der Waals surface area contributed by atoms with E-state index in [9.17, 15) is 4.79 Å². The molecule has 7 nitrogen and oxygen atoms in total. The molecule has 1 amide bonds. The van der Waals surface area contributed by atoms with Crippen molar-refractivity contribution in [3.8, 4) is 0 Å². The number of guanidine groups is 1. The molecule has 1 atom stereocenters. The molecule has 1 unspecified atom stereocenters. The van der Waals surface area contributed by atoms with E-state index < -0.39 is 0 Å². The summed E-state index contributed by atoms with van der Waals surface area (Å²) in [5, 5.41) is 6.97. The summed E-state index contributed by atoms with van der Waals surface area (Å²) >= 11 is 0. The van der Waals surface area contributed by atoms with Gasteiger partial charge in [0.25, 0.3) is 0 Å². The van der Waals surface area contributed by atoms with Crippen LogP contribution in [0.25, 0.3) is 0 Å². The van der Waals surface area contributed by atoms with E-state index in [-0.39, 0.29) is 12.0 Å². The molecule has 7 heteroatoms. The first-order valence-corrected chi connectivity index (χ1v) is 12.5. The normalized spacial score (nSPS) is 22.8. The summed E-state index contributed by atoms with van der Waals surface area (Å²) in [6, 6.07) is 8.79. The second-order valence-electron chi connectivity index (χ2n) is 9.17. The van der Waals surface area contributed by atoms with Gasteiger partial charge in [0.2, 0.25) is 5.91 Å². The zero-order chi connectivity index (χ0) is 22.2. The zero-order valence-corrected chi connectivity index (χ0v) is 19.5. The van der Waals surface area contributed by atoms with Crippen LogP contribution in [-0.4, -0.2) is 68.7 Å². The molecular weight excluding hydrogens is 402 g/mol. The van der Waals surface area contributed by atoms with Crippen LogP contribution < -0.4 is 15.5 Å². The molecule has 1 saturated carbocycles. The lowest BCUT2D eigenvalue weighted by atomic mass is 9.88. The second-order valence-corrected chi connectivity index (χ2v) is 9.17. The molecule has 2 heterocycles. The molecule has 4 rings (SSSR count). The number of para-hydroxylation sites is 1. The van der Waals surface area contributed by atoms with E-state index in [0.717, 1.165) is 71.2 Å². The van der Waals surface area contributed by atoms with Crippen LogP contribution in [0.15, 0.2) is 29.3 Å². The summed E-state index contributed by atoms with van der Waals surface area (Å²) in [7, 11) is 0. The van der Waals surface area contributed by atoms with Crippen LogP contribution in [0.2, 0.25) is 0 Å². The average molecular weight is 442 g/mol.